The number of nitrogens with zero attached hydrogens (tertiary/aromatic N) is 2. The minimum absolute atomic E-state index is 0.126. The number of nitro benzene ring substituents is 1. The number of halogens is 1. The molecule has 0 heterocycles. The van der Waals surface area contributed by atoms with E-state index in [2.05, 4.69) is 15.9 Å². The molecule has 0 bridgehead atoms. The van der Waals surface area contributed by atoms with E-state index < -0.39 is 4.92 Å². The van der Waals surface area contributed by atoms with Gasteiger partial charge in [-0.3, -0.25) is 10.1 Å². The van der Waals surface area contributed by atoms with Crippen molar-refractivity contribution in [3.63, 3.8) is 0 Å². The lowest BCUT2D eigenvalue weighted by atomic mass is 10.2. The van der Waals surface area contributed by atoms with Gasteiger partial charge in [0, 0.05) is 10.5 Å². The van der Waals surface area contributed by atoms with Gasteiger partial charge in [-0.15, -0.1) is 0 Å². The molecule has 0 saturated heterocycles. The van der Waals surface area contributed by atoms with E-state index >= 15 is 0 Å². The van der Waals surface area contributed by atoms with Gasteiger partial charge in [0.2, 0.25) is 0 Å². The molecule has 0 aliphatic heterocycles. The van der Waals surface area contributed by atoms with Crippen LogP contribution in [0, 0.1) is 21.4 Å². The summed E-state index contributed by atoms with van der Waals surface area (Å²) in [6.45, 7) is 0. The molecule has 0 saturated carbocycles. The van der Waals surface area contributed by atoms with Crippen LogP contribution in [0.1, 0.15) is 5.56 Å². The molecule has 0 N–H and O–H groups in total. The maximum absolute atomic E-state index is 10.8. The van der Waals surface area contributed by atoms with Crippen LogP contribution < -0.4 is 9.47 Å². The fourth-order valence-electron chi connectivity index (χ4n) is 1.68. The number of hydrogen-bond donors (Lipinski definition) is 0. The average molecular weight is 349 g/mol. The molecule has 0 amide bonds. The standard InChI is InChI=1S/C14H9BrN2O4/c1-20-13-6-5-9(17(18)19)7-14(13)21-12-4-2-3-11(15)10(12)8-16/h2-7H,1H3. The molecular formula is C14H9BrN2O4. The molecule has 0 fully saturated rings. The van der Waals surface area contributed by atoms with Crippen molar-refractivity contribution in [1.29, 1.82) is 5.26 Å². The topological polar surface area (TPSA) is 85.4 Å². The summed E-state index contributed by atoms with van der Waals surface area (Å²) in [7, 11) is 1.43. The van der Waals surface area contributed by atoms with Crippen molar-refractivity contribution in [3.8, 4) is 23.3 Å². The van der Waals surface area contributed by atoms with Gasteiger partial charge < -0.3 is 9.47 Å². The van der Waals surface area contributed by atoms with E-state index in [0.717, 1.165) is 0 Å². The predicted octanol–water partition coefficient (Wildman–Crippen LogP) is 4.03. The van der Waals surface area contributed by atoms with Gasteiger partial charge >= 0.3 is 0 Å². The van der Waals surface area contributed by atoms with Gasteiger partial charge in [-0.05, 0) is 34.1 Å². The fraction of sp³-hybridized carbons (Fsp3) is 0.0714. The number of methoxy groups -OCH3 is 1. The predicted molar refractivity (Wildman–Crippen MR) is 78.6 cm³/mol. The number of rotatable bonds is 4. The molecule has 2 rings (SSSR count). The fourth-order valence-corrected chi connectivity index (χ4v) is 2.11. The molecule has 2 aromatic carbocycles. The van der Waals surface area contributed by atoms with Crippen molar-refractivity contribution in [3.05, 3.63) is 56.5 Å². The number of ether oxygens (including phenoxy) is 2. The van der Waals surface area contributed by atoms with Crippen molar-refractivity contribution < 1.29 is 14.4 Å². The second kappa shape index (κ2) is 6.24. The minimum atomic E-state index is -0.529. The van der Waals surface area contributed by atoms with E-state index in [1.54, 1.807) is 18.2 Å². The lowest BCUT2D eigenvalue weighted by molar-refractivity contribution is -0.384. The van der Waals surface area contributed by atoms with Gasteiger partial charge in [0.05, 0.1) is 18.1 Å². The number of benzene rings is 2. The van der Waals surface area contributed by atoms with Crippen molar-refractivity contribution in [2.24, 2.45) is 0 Å². The molecule has 0 spiro atoms. The first-order chi connectivity index (χ1) is 10.1. The van der Waals surface area contributed by atoms with Crippen LogP contribution in [-0.4, -0.2) is 12.0 Å². The summed E-state index contributed by atoms with van der Waals surface area (Å²) in [6, 6.07) is 11.0. The molecule has 0 aliphatic carbocycles. The van der Waals surface area contributed by atoms with Crippen LogP contribution in [-0.2, 0) is 0 Å². The summed E-state index contributed by atoms with van der Waals surface area (Å²) < 4.78 is 11.3. The maximum atomic E-state index is 10.8. The Hall–Kier alpha value is -2.59. The lowest BCUT2D eigenvalue weighted by Gasteiger charge is -2.11. The highest BCUT2D eigenvalue weighted by Crippen LogP contribution is 2.37. The van der Waals surface area contributed by atoms with Crippen molar-refractivity contribution >= 4 is 21.6 Å². The van der Waals surface area contributed by atoms with Crippen molar-refractivity contribution in [1.82, 2.24) is 0 Å². The van der Waals surface area contributed by atoms with E-state index in [4.69, 9.17) is 14.7 Å². The van der Waals surface area contributed by atoms with Crippen LogP contribution in [0.25, 0.3) is 0 Å². The summed E-state index contributed by atoms with van der Waals surface area (Å²) in [6.07, 6.45) is 0. The Labute approximate surface area is 128 Å². The molecule has 0 aliphatic rings. The molecule has 106 valence electrons. The summed E-state index contributed by atoms with van der Waals surface area (Å²) >= 11 is 3.25. The number of non-ortho nitro benzene ring substituents is 1. The molecular weight excluding hydrogens is 340 g/mol. The Bertz CT molecular complexity index is 740. The number of nitro groups is 1. The van der Waals surface area contributed by atoms with Crippen LogP contribution in [0.2, 0.25) is 0 Å². The summed E-state index contributed by atoms with van der Waals surface area (Å²) in [5.74, 6) is 0.788. The SMILES string of the molecule is COc1ccc([N+](=O)[O-])cc1Oc1cccc(Br)c1C#N. The van der Waals surface area contributed by atoms with E-state index in [-0.39, 0.29) is 17.2 Å². The van der Waals surface area contributed by atoms with E-state index in [1.165, 1.54) is 25.3 Å². The highest BCUT2D eigenvalue weighted by Gasteiger charge is 2.15. The Kier molecular flexibility index (Phi) is 4.40. The molecule has 0 radical (unpaired) electrons. The van der Waals surface area contributed by atoms with Gasteiger partial charge in [-0.25, -0.2) is 0 Å². The van der Waals surface area contributed by atoms with E-state index in [1.807, 2.05) is 6.07 Å². The summed E-state index contributed by atoms with van der Waals surface area (Å²) in [4.78, 5) is 10.3. The van der Waals surface area contributed by atoms with Gasteiger partial charge in [0.1, 0.15) is 17.4 Å². The highest BCUT2D eigenvalue weighted by atomic mass is 79.9. The Morgan fingerprint density at radius 1 is 1.24 bits per heavy atom. The molecule has 0 unspecified atom stereocenters. The molecule has 21 heavy (non-hydrogen) atoms. The Morgan fingerprint density at radius 2 is 2.00 bits per heavy atom. The largest absolute Gasteiger partial charge is 0.493 e. The van der Waals surface area contributed by atoms with Crippen LogP contribution >= 0.6 is 15.9 Å². The zero-order chi connectivity index (χ0) is 15.4. The molecule has 0 aromatic heterocycles. The Morgan fingerprint density at radius 3 is 2.62 bits per heavy atom. The molecule has 7 heteroatoms. The zero-order valence-corrected chi connectivity index (χ0v) is 12.5. The van der Waals surface area contributed by atoms with Crippen molar-refractivity contribution in [2.75, 3.05) is 7.11 Å². The first-order valence-corrected chi connectivity index (χ1v) is 6.55. The average Bonchev–Trinajstić information content (AvgIpc) is 2.47. The minimum Gasteiger partial charge on any atom is -0.493 e. The van der Waals surface area contributed by atoms with Crippen LogP contribution in [0.4, 0.5) is 5.69 Å². The van der Waals surface area contributed by atoms with Gasteiger partial charge in [-0.2, -0.15) is 5.26 Å². The quantitative estimate of drug-likeness (QED) is 0.614. The second-order valence-electron chi connectivity index (χ2n) is 3.92. The smallest absolute Gasteiger partial charge is 0.273 e. The third-order valence-electron chi connectivity index (χ3n) is 2.67. The highest BCUT2D eigenvalue weighted by molar-refractivity contribution is 9.10. The lowest BCUT2D eigenvalue weighted by Crippen LogP contribution is -1.95. The third kappa shape index (κ3) is 3.12. The third-order valence-corrected chi connectivity index (χ3v) is 3.33. The number of hydrogen-bond acceptors (Lipinski definition) is 5. The van der Waals surface area contributed by atoms with Crippen LogP contribution in [0.3, 0.4) is 0 Å². The van der Waals surface area contributed by atoms with E-state index in [9.17, 15) is 10.1 Å². The first kappa shape index (κ1) is 14.8. The summed E-state index contributed by atoms with van der Waals surface area (Å²) in [5, 5.41) is 20.0. The van der Waals surface area contributed by atoms with Gasteiger partial charge in [0.15, 0.2) is 11.5 Å². The monoisotopic (exact) mass is 348 g/mol. The van der Waals surface area contributed by atoms with Crippen molar-refractivity contribution in [2.45, 2.75) is 0 Å². The van der Waals surface area contributed by atoms with Gasteiger partial charge in [0.25, 0.3) is 5.69 Å². The molecule has 0 atom stereocenters. The number of nitriles is 1. The van der Waals surface area contributed by atoms with Crippen LogP contribution in [0.5, 0.6) is 17.2 Å². The van der Waals surface area contributed by atoms with E-state index in [0.29, 0.717) is 15.8 Å². The first-order valence-electron chi connectivity index (χ1n) is 5.75. The van der Waals surface area contributed by atoms with Gasteiger partial charge in [-0.1, -0.05) is 6.07 Å². The summed E-state index contributed by atoms with van der Waals surface area (Å²) in [5.41, 5.74) is 0.172. The second-order valence-corrected chi connectivity index (χ2v) is 4.77. The molecule has 6 nitrogen and oxygen atoms in total. The zero-order valence-electron chi connectivity index (χ0n) is 10.9. The molecule has 2 aromatic rings. The maximum Gasteiger partial charge on any atom is 0.273 e. The Balaban J connectivity index is 2.48. The van der Waals surface area contributed by atoms with Crippen LogP contribution in [0.15, 0.2) is 40.9 Å². The normalized spacial score (nSPS) is 9.76.